The van der Waals surface area contributed by atoms with Gasteiger partial charge in [0.2, 0.25) is 0 Å². The maximum atomic E-state index is 14.5. The minimum atomic E-state index is -8.62. The molecule has 1 aliphatic rings. The molecule has 17 heteroatoms. The first kappa shape index (κ1) is 36.2. The third-order valence-electron chi connectivity index (χ3n) is 7.54. The zero-order valence-corrected chi connectivity index (χ0v) is 21.5. The van der Waals surface area contributed by atoms with Crippen LogP contribution < -0.4 is 0 Å². The van der Waals surface area contributed by atoms with Crippen molar-refractivity contribution in [1.29, 1.82) is 0 Å². The van der Waals surface area contributed by atoms with Crippen molar-refractivity contribution in [3.05, 3.63) is 35.4 Å². The summed E-state index contributed by atoms with van der Waals surface area (Å²) in [6.07, 6.45) is -1.38. The molecule has 42 heavy (non-hydrogen) atoms. The molecular formula is C25H25F17. The average molecular weight is 648 g/mol. The summed E-state index contributed by atoms with van der Waals surface area (Å²) >= 11 is 0. The van der Waals surface area contributed by atoms with Gasteiger partial charge in [-0.05, 0) is 30.2 Å². The summed E-state index contributed by atoms with van der Waals surface area (Å²) in [6, 6.07) is 1.54. The Balaban J connectivity index is 2.31. The highest BCUT2D eigenvalue weighted by Gasteiger charge is 2.95. The van der Waals surface area contributed by atoms with Crippen LogP contribution in [0.4, 0.5) is 74.6 Å². The monoisotopic (exact) mass is 648 g/mol. The van der Waals surface area contributed by atoms with Gasteiger partial charge in [-0.25, -0.2) is 0 Å². The molecule has 1 aromatic carbocycles. The number of hydrogen-bond acceptors (Lipinski definition) is 0. The minimum absolute atomic E-state index is 0.0557. The van der Waals surface area contributed by atoms with Gasteiger partial charge in [0.25, 0.3) is 0 Å². The van der Waals surface area contributed by atoms with Crippen LogP contribution in [0.5, 0.6) is 0 Å². The van der Waals surface area contributed by atoms with Crippen LogP contribution in [-0.2, 0) is 12.3 Å². The molecule has 1 aliphatic carbocycles. The molecule has 0 atom stereocenters. The predicted molar refractivity (Wildman–Crippen MR) is 115 cm³/mol. The molecule has 0 radical (unpaired) electrons. The Labute approximate surface area is 228 Å². The van der Waals surface area contributed by atoms with Gasteiger partial charge in [0.1, 0.15) is 0 Å². The van der Waals surface area contributed by atoms with Gasteiger partial charge < -0.3 is 0 Å². The lowest BCUT2D eigenvalue weighted by Gasteiger charge is -2.42. The van der Waals surface area contributed by atoms with Gasteiger partial charge in [0.05, 0.1) is 0 Å². The molecule has 0 amide bonds. The standard InChI is InChI=1S/C25H25F17/c1-2-3-14-4-6-15(7-5-14)8-9-16-10-12-17(13-11-16)18(26,27)19(28,29)20(30,31)21(32,33)22(34,35)23(36,37)24(38,39)25(40,41)42/h10-15H,2-9H2,1H3/t14-,15-. The fourth-order valence-corrected chi connectivity index (χ4v) is 4.81. The Kier molecular flexibility index (Phi) is 9.93. The van der Waals surface area contributed by atoms with Crippen LogP contribution >= 0.6 is 0 Å². The first-order valence-corrected chi connectivity index (χ1v) is 12.5. The maximum Gasteiger partial charge on any atom is 0.460 e. The number of aryl methyl sites for hydroxylation is 1. The lowest BCUT2D eigenvalue weighted by molar-refractivity contribution is -0.462. The second-order valence-electron chi connectivity index (χ2n) is 10.4. The van der Waals surface area contributed by atoms with Crippen molar-refractivity contribution in [3.8, 4) is 0 Å². The van der Waals surface area contributed by atoms with Gasteiger partial charge in [-0.2, -0.15) is 74.6 Å². The first-order chi connectivity index (χ1) is 18.7. The van der Waals surface area contributed by atoms with Crippen LogP contribution in [-0.4, -0.2) is 41.7 Å². The third kappa shape index (κ3) is 5.77. The van der Waals surface area contributed by atoms with Gasteiger partial charge in [0, 0.05) is 5.56 Å². The molecule has 0 heterocycles. The highest BCUT2D eigenvalue weighted by molar-refractivity contribution is 5.29. The van der Waals surface area contributed by atoms with E-state index in [9.17, 15) is 74.6 Å². The van der Waals surface area contributed by atoms with Crippen molar-refractivity contribution in [2.45, 2.75) is 106 Å². The molecule has 0 nitrogen and oxygen atoms in total. The summed E-state index contributed by atoms with van der Waals surface area (Å²) < 4.78 is 229. The topological polar surface area (TPSA) is 0 Å². The molecule has 0 unspecified atom stereocenters. The average Bonchev–Trinajstić information content (AvgIpc) is 2.87. The van der Waals surface area contributed by atoms with Crippen LogP contribution in [0, 0.1) is 11.8 Å². The van der Waals surface area contributed by atoms with Crippen LogP contribution in [0.25, 0.3) is 0 Å². The Bertz CT molecular complexity index is 1030. The SMILES string of the molecule is CCC[C@H]1CC[C@H](CCc2ccc(C(F)(F)C(F)(F)C(F)(F)C(F)(F)C(F)(F)C(F)(F)C(F)(F)C(F)(F)F)cc2)CC1. The molecule has 0 saturated heterocycles. The third-order valence-corrected chi connectivity index (χ3v) is 7.54. The smallest absolute Gasteiger partial charge is 0.194 e. The summed E-state index contributed by atoms with van der Waals surface area (Å²) in [5.74, 6) is -55.6. The molecule has 1 saturated carbocycles. The number of halogens is 17. The molecule has 0 spiro atoms. The van der Waals surface area contributed by atoms with Gasteiger partial charge >= 0.3 is 47.6 Å². The van der Waals surface area contributed by atoms with Crippen molar-refractivity contribution in [2.24, 2.45) is 11.8 Å². The maximum absolute atomic E-state index is 14.5. The van der Waals surface area contributed by atoms with E-state index in [4.69, 9.17) is 0 Å². The van der Waals surface area contributed by atoms with E-state index in [1.54, 1.807) is 0 Å². The Morgan fingerprint density at radius 3 is 1.24 bits per heavy atom. The van der Waals surface area contributed by atoms with E-state index in [1.165, 1.54) is 0 Å². The molecule has 0 N–H and O–H groups in total. The molecule has 2 rings (SSSR count). The van der Waals surface area contributed by atoms with Crippen molar-refractivity contribution >= 4 is 0 Å². The first-order valence-electron chi connectivity index (χ1n) is 12.5. The van der Waals surface area contributed by atoms with Crippen LogP contribution in [0.15, 0.2) is 24.3 Å². The fourth-order valence-electron chi connectivity index (χ4n) is 4.81. The summed E-state index contributed by atoms with van der Waals surface area (Å²) in [5.41, 5.74) is -1.98. The van der Waals surface area contributed by atoms with E-state index in [2.05, 4.69) is 0 Å². The number of alkyl halides is 17. The summed E-state index contributed by atoms with van der Waals surface area (Å²) in [7, 11) is 0. The van der Waals surface area contributed by atoms with Crippen molar-refractivity contribution < 1.29 is 74.6 Å². The molecule has 0 aliphatic heterocycles. The molecule has 0 bridgehead atoms. The van der Waals surface area contributed by atoms with Gasteiger partial charge in [0.15, 0.2) is 0 Å². The Morgan fingerprint density at radius 1 is 0.500 bits per heavy atom. The van der Waals surface area contributed by atoms with Crippen molar-refractivity contribution in [3.63, 3.8) is 0 Å². The van der Waals surface area contributed by atoms with Crippen molar-refractivity contribution in [1.82, 2.24) is 0 Å². The molecule has 244 valence electrons. The van der Waals surface area contributed by atoms with E-state index < -0.39 is 53.2 Å². The van der Waals surface area contributed by atoms with E-state index >= 15 is 0 Å². The number of benzene rings is 1. The van der Waals surface area contributed by atoms with E-state index in [1.807, 2.05) is 6.92 Å². The Morgan fingerprint density at radius 2 is 0.857 bits per heavy atom. The summed E-state index contributed by atoms with van der Waals surface area (Å²) in [6.45, 7) is 2.04. The zero-order chi connectivity index (χ0) is 32.8. The van der Waals surface area contributed by atoms with Gasteiger partial charge in [-0.15, -0.1) is 0 Å². The molecular weight excluding hydrogens is 623 g/mol. The predicted octanol–water partition coefficient (Wildman–Crippen LogP) is 10.7. The van der Waals surface area contributed by atoms with Crippen LogP contribution in [0.1, 0.15) is 63.0 Å². The quantitative estimate of drug-likeness (QED) is 0.198. The number of rotatable bonds is 12. The van der Waals surface area contributed by atoms with E-state index in [0.29, 0.717) is 24.5 Å². The van der Waals surface area contributed by atoms with Crippen molar-refractivity contribution in [2.75, 3.05) is 0 Å². The summed E-state index contributed by atoms with van der Waals surface area (Å²) in [4.78, 5) is 0. The molecule has 1 fully saturated rings. The second kappa shape index (κ2) is 11.5. The Hall–Kier alpha value is -1.97. The number of hydrogen-bond donors (Lipinski definition) is 0. The van der Waals surface area contributed by atoms with Crippen LogP contribution in [0.3, 0.4) is 0 Å². The highest BCUT2D eigenvalue weighted by Crippen LogP contribution is 2.65. The normalized spacial score (nSPS) is 20.6. The van der Waals surface area contributed by atoms with Gasteiger partial charge in [-0.1, -0.05) is 69.7 Å². The fraction of sp³-hybridized carbons (Fsp3) is 0.760. The highest BCUT2D eigenvalue weighted by atomic mass is 19.4. The minimum Gasteiger partial charge on any atom is -0.194 e. The van der Waals surface area contributed by atoms with E-state index in [-0.39, 0.29) is 30.0 Å². The summed E-state index contributed by atoms with van der Waals surface area (Å²) in [5, 5.41) is 0. The lowest BCUT2D eigenvalue weighted by atomic mass is 9.78. The zero-order valence-electron chi connectivity index (χ0n) is 21.5. The largest absolute Gasteiger partial charge is 0.460 e. The van der Waals surface area contributed by atoms with E-state index in [0.717, 1.165) is 38.5 Å². The lowest BCUT2D eigenvalue weighted by Crippen LogP contribution is -2.74. The van der Waals surface area contributed by atoms with Crippen LogP contribution in [0.2, 0.25) is 0 Å². The second-order valence-corrected chi connectivity index (χ2v) is 10.4. The molecule has 0 aromatic heterocycles. The van der Waals surface area contributed by atoms with Gasteiger partial charge in [-0.3, -0.25) is 0 Å². The molecule has 1 aromatic rings.